The van der Waals surface area contributed by atoms with Crippen molar-refractivity contribution in [2.24, 2.45) is 12.8 Å². The summed E-state index contributed by atoms with van der Waals surface area (Å²) in [7, 11) is 1.83. The molecule has 1 aromatic heterocycles. The second-order valence-electron chi connectivity index (χ2n) is 3.36. The van der Waals surface area contributed by atoms with Crippen LogP contribution in [-0.4, -0.2) is 20.9 Å². The van der Waals surface area contributed by atoms with Crippen molar-refractivity contribution in [2.45, 2.75) is 32.4 Å². The maximum absolute atomic E-state index is 9.80. The zero-order valence-electron chi connectivity index (χ0n) is 8.36. The van der Waals surface area contributed by atoms with Crippen molar-refractivity contribution in [1.82, 2.24) is 9.78 Å². The second-order valence-corrected chi connectivity index (χ2v) is 3.36. The van der Waals surface area contributed by atoms with Gasteiger partial charge in [-0.15, -0.1) is 0 Å². The zero-order chi connectivity index (χ0) is 10.0. The van der Waals surface area contributed by atoms with Gasteiger partial charge in [-0.25, -0.2) is 0 Å². The Morgan fingerprint density at radius 3 is 2.69 bits per heavy atom. The Morgan fingerprint density at radius 1 is 1.69 bits per heavy atom. The Bertz CT molecular complexity index is 282. The molecule has 4 heteroatoms. The van der Waals surface area contributed by atoms with Gasteiger partial charge in [0.2, 0.25) is 0 Å². The average Bonchev–Trinajstić information content (AvgIpc) is 2.42. The monoisotopic (exact) mass is 183 g/mol. The molecule has 0 aliphatic carbocycles. The highest BCUT2D eigenvalue weighted by Crippen LogP contribution is 2.19. The third kappa shape index (κ3) is 2.08. The van der Waals surface area contributed by atoms with Crippen molar-refractivity contribution in [3.63, 3.8) is 0 Å². The number of nitrogens with two attached hydrogens (primary N) is 1. The summed E-state index contributed by atoms with van der Waals surface area (Å²) in [4.78, 5) is 0. The van der Waals surface area contributed by atoms with E-state index in [9.17, 15) is 5.11 Å². The third-order valence-corrected chi connectivity index (χ3v) is 2.25. The normalized spacial score (nSPS) is 15.8. The Hall–Kier alpha value is -0.870. The van der Waals surface area contributed by atoms with Gasteiger partial charge in [0.1, 0.15) is 0 Å². The summed E-state index contributed by atoms with van der Waals surface area (Å²) in [5, 5.41) is 14.0. The number of nitrogens with zero attached hydrogens (tertiary/aromatic N) is 2. The SMILES string of the molecule is CCC(N)C(O)c1cn(C)nc1C. The molecule has 3 N–H and O–H groups in total. The predicted octanol–water partition coefficient (Wildman–Crippen LogP) is 0.499. The van der Waals surface area contributed by atoms with Crippen molar-refractivity contribution < 1.29 is 5.11 Å². The van der Waals surface area contributed by atoms with E-state index in [0.29, 0.717) is 0 Å². The van der Waals surface area contributed by atoms with E-state index in [1.54, 1.807) is 4.68 Å². The highest BCUT2D eigenvalue weighted by atomic mass is 16.3. The molecule has 0 fully saturated rings. The molecule has 4 nitrogen and oxygen atoms in total. The fourth-order valence-corrected chi connectivity index (χ4v) is 1.36. The number of hydrogen-bond acceptors (Lipinski definition) is 3. The van der Waals surface area contributed by atoms with E-state index < -0.39 is 6.10 Å². The van der Waals surface area contributed by atoms with E-state index in [1.165, 1.54) is 0 Å². The van der Waals surface area contributed by atoms with Gasteiger partial charge in [-0.05, 0) is 13.3 Å². The molecule has 74 valence electrons. The largest absolute Gasteiger partial charge is 0.387 e. The molecule has 0 aliphatic rings. The van der Waals surface area contributed by atoms with Crippen LogP contribution < -0.4 is 5.73 Å². The smallest absolute Gasteiger partial charge is 0.0973 e. The number of aryl methyl sites for hydroxylation is 2. The van der Waals surface area contributed by atoms with Gasteiger partial charge in [0.05, 0.1) is 11.8 Å². The topological polar surface area (TPSA) is 64.1 Å². The minimum absolute atomic E-state index is 0.206. The summed E-state index contributed by atoms with van der Waals surface area (Å²) >= 11 is 0. The molecule has 2 unspecified atom stereocenters. The number of aliphatic hydroxyl groups excluding tert-OH is 1. The quantitative estimate of drug-likeness (QED) is 0.717. The third-order valence-electron chi connectivity index (χ3n) is 2.25. The maximum atomic E-state index is 9.80. The summed E-state index contributed by atoms with van der Waals surface area (Å²) in [6.45, 7) is 3.83. The van der Waals surface area contributed by atoms with Gasteiger partial charge in [0.25, 0.3) is 0 Å². The lowest BCUT2D eigenvalue weighted by atomic mass is 10.0. The van der Waals surface area contributed by atoms with Gasteiger partial charge in [0, 0.05) is 24.8 Å². The molecule has 0 saturated carbocycles. The van der Waals surface area contributed by atoms with E-state index in [2.05, 4.69) is 5.10 Å². The van der Waals surface area contributed by atoms with Gasteiger partial charge in [0.15, 0.2) is 0 Å². The van der Waals surface area contributed by atoms with Gasteiger partial charge in [-0.2, -0.15) is 5.10 Å². The zero-order valence-corrected chi connectivity index (χ0v) is 8.36. The molecule has 0 aromatic carbocycles. The lowest BCUT2D eigenvalue weighted by molar-refractivity contribution is 0.143. The molecule has 1 aromatic rings. The lowest BCUT2D eigenvalue weighted by Crippen LogP contribution is -2.27. The van der Waals surface area contributed by atoms with Crippen LogP contribution in [0.25, 0.3) is 0 Å². The maximum Gasteiger partial charge on any atom is 0.0973 e. The Kier molecular flexibility index (Phi) is 3.06. The first-order chi connectivity index (χ1) is 6.06. The second kappa shape index (κ2) is 3.89. The van der Waals surface area contributed by atoms with Crippen LogP contribution in [0.4, 0.5) is 0 Å². The van der Waals surface area contributed by atoms with Crippen molar-refractivity contribution in [2.75, 3.05) is 0 Å². The standard InChI is InChI=1S/C9H17N3O/c1-4-8(10)9(13)7-5-12(3)11-6(7)2/h5,8-9,13H,4,10H2,1-3H3. The van der Waals surface area contributed by atoms with E-state index in [4.69, 9.17) is 5.73 Å². The molecule has 0 aliphatic heterocycles. The first-order valence-electron chi connectivity index (χ1n) is 4.50. The Balaban J connectivity index is 2.87. The van der Waals surface area contributed by atoms with E-state index >= 15 is 0 Å². The van der Waals surface area contributed by atoms with Crippen LogP contribution in [0.2, 0.25) is 0 Å². The van der Waals surface area contributed by atoms with Crippen LogP contribution in [-0.2, 0) is 7.05 Å². The van der Waals surface area contributed by atoms with Crippen LogP contribution in [0.5, 0.6) is 0 Å². The van der Waals surface area contributed by atoms with Crippen molar-refractivity contribution in [1.29, 1.82) is 0 Å². The number of hydrogen-bond donors (Lipinski definition) is 2. The molecule has 0 amide bonds. The predicted molar refractivity (Wildman–Crippen MR) is 51.2 cm³/mol. The molecule has 13 heavy (non-hydrogen) atoms. The Morgan fingerprint density at radius 2 is 2.31 bits per heavy atom. The molecule has 2 atom stereocenters. The van der Waals surface area contributed by atoms with Gasteiger partial charge in [-0.1, -0.05) is 6.92 Å². The fourth-order valence-electron chi connectivity index (χ4n) is 1.36. The Labute approximate surface area is 78.4 Å². The van der Waals surface area contributed by atoms with Crippen molar-refractivity contribution >= 4 is 0 Å². The van der Waals surface area contributed by atoms with Crippen LogP contribution in [0.1, 0.15) is 30.7 Å². The molecule has 0 saturated heterocycles. The summed E-state index contributed by atoms with van der Waals surface area (Å²) in [5.74, 6) is 0. The molecule has 1 heterocycles. The number of aromatic nitrogens is 2. The number of aliphatic hydroxyl groups is 1. The number of rotatable bonds is 3. The minimum atomic E-state index is -0.598. The van der Waals surface area contributed by atoms with Crippen molar-refractivity contribution in [3.05, 3.63) is 17.5 Å². The molecular formula is C9H17N3O. The summed E-state index contributed by atoms with van der Waals surface area (Å²) in [6, 6.07) is -0.206. The van der Waals surface area contributed by atoms with Crippen LogP contribution in [0.3, 0.4) is 0 Å². The van der Waals surface area contributed by atoms with Crippen LogP contribution in [0.15, 0.2) is 6.20 Å². The molecule has 1 rings (SSSR count). The van der Waals surface area contributed by atoms with Crippen molar-refractivity contribution in [3.8, 4) is 0 Å². The van der Waals surface area contributed by atoms with Gasteiger partial charge < -0.3 is 10.8 Å². The van der Waals surface area contributed by atoms with E-state index in [0.717, 1.165) is 17.7 Å². The van der Waals surface area contributed by atoms with Gasteiger partial charge >= 0.3 is 0 Å². The molecule has 0 spiro atoms. The average molecular weight is 183 g/mol. The highest BCUT2D eigenvalue weighted by molar-refractivity contribution is 5.19. The summed E-state index contributed by atoms with van der Waals surface area (Å²) < 4.78 is 1.69. The molecular weight excluding hydrogens is 166 g/mol. The van der Waals surface area contributed by atoms with Crippen LogP contribution >= 0.6 is 0 Å². The van der Waals surface area contributed by atoms with E-state index in [-0.39, 0.29) is 6.04 Å². The first kappa shape index (κ1) is 10.2. The minimum Gasteiger partial charge on any atom is -0.387 e. The first-order valence-corrected chi connectivity index (χ1v) is 4.50. The molecule has 0 bridgehead atoms. The molecule has 0 radical (unpaired) electrons. The highest BCUT2D eigenvalue weighted by Gasteiger charge is 2.18. The lowest BCUT2D eigenvalue weighted by Gasteiger charge is -2.15. The fraction of sp³-hybridized carbons (Fsp3) is 0.667. The van der Waals surface area contributed by atoms with Gasteiger partial charge in [-0.3, -0.25) is 4.68 Å². The van der Waals surface area contributed by atoms with E-state index in [1.807, 2.05) is 27.1 Å². The summed E-state index contributed by atoms with van der Waals surface area (Å²) in [5.41, 5.74) is 7.42. The summed E-state index contributed by atoms with van der Waals surface area (Å²) in [6.07, 6.45) is 1.98. The van der Waals surface area contributed by atoms with Crippen LogP contribution in [0, 0.1) is 6.92 Å².